The van der Waals surface area contributed by atoms with Gasteiger partial charge in [-0.05, 0) is 74.8 Å². The summed E-state index contributed by atoms with van der Waals surface area (Å²) in [7, 11) is 0. The largest absolute Gasteiger partial charge is 0.506 e. The highest BCUT2D eigenvalue weighted by Crippen LogP contribution is 2.55. The van der Waals surface area contributed by atoms with E-state index in [1.807, 2.05) is 12.1 Å². The second-order valence-corrected chi connectivity index (χ2v) is 13.1. The first-order chi connectivity index (χ1) is 17.3. The Hall–Kier alpha value is -2.00. The topological polar surface area (TPSA) is 112 Å². The summed E-state index contributed by atoms with van der Waals surface area (Å²) in [6.45, 7) is 1.16. The van der Waals surface area contributed by atoms with Gasteiger partial charge >= 0.3 is 6.16 Å². The number of aliphatic hydroxyl groups is 1. The van der Waals surface area contributed by atoms with Gasteiger partial charge in [-0.25, -0.2) is 9.78 Å². The zero-order valence-electron chi connectivity index (χ0n) is 20.7. The van der Waals surface area contributed by atoms with E-state index in [-0.39, 0.29) is 18.1 Å². The maximum absolute atomic E-state index is 13.7. The number of ether oxygens (including phenoxy) is 1. The molecule has 0 radical (unpaired) electrons. The van der Waals surface area contributed by atoms with Crippen molar-refractivity contribution in [3.05, 3.63) is 17.7 Å². The summed E-state index contributed by atoms with van der Waals surface area (Å²) < 4.78 is 4.98. The highest BCUT2D eigenvalue weighted by Gasteiger charge is 2.55. The molecule has 3 atom stereocenters. The molecule has 9 heteroatoms. The van der Waals surface area contributed by atoms with Crippen LogP contribution in [0.1, 0.15) is 81.0 Å². The quantitative estimate of drug-likeness (QED) is 0.477. The Morgan fingerprint density at radius 3 is 2.53 bits per heavy atom. The first-order valence-electron chi connectivity index (χ1n) is 13.7. The van der Waals surface area contributed by atoms with E-state index in [4.69, 9.17) is 14.8 Å². The molecule has 4 bridgehead atoms. The molecule has 5 aliphatic carbocycles. The minimum absolute atomic E-state index is 0.0506. The van der Waals surface area contributed by atoms with Gasteiger partial charge in [0.2, 0.25) is 0 Å². The molecule has 6 aliphatic rings. The fourth-order valence-electron chi connectivity index (χ4n) is 7.83. The van der Waals surface area contributed by atoms with Gasteiger partial charge in [-0.3, -0.25) is 4.79 Å². The van der Waals surface area contributed by atoms with Crippen LogP contribution in [0.15, 0.2) is 17.2 Å². The van der Waals surface area contributed by atoms with Crippen LogP contribution in [0.5, 0.6) is 0 Å². The van der Waals surface area contributed by atoms with Crippen molar-refractivity contribution in [3.63, 3.8) is 0 Å². The Labute approximate surface area is 216 Å². The number of carbonyl (C=O) groups excluding carboxylic acids is 1. The molecule has 5 saturated carbocycles. The number of amides is 1. The lowest BCUT2D eigenvalue weighted by Crippen LogP contribution is -2.61. The second-order valence-electron chi connectivity index (χ2n) is 11.8. The van der Waals surface area contributed by atoms with Gasteiger partial charge in [-0.1, -0.05) is 19.3 Å². The van der Waals surface area contributed by atoms with Gasteiger partial charge in [0.15, 0.2) is 0 Å². The van der Waals surface area contributed by atoms with Crippen molar-refractivity contribution < 1.29 is 24.5 Å². The summed E-state index contributed by atoms with van der Waals surface area (Å²) in [5, 5.41) is 24.5. The van der Waals surface area contributed by atoms with Gasteiger partial charge in [-0.2, -0.15) is 0 Å². The Morgan fingerprint density at radius 1 is 1.08 bits per heavy atom. The van der Waals surface area contributed by atoms with Gasteiger partial charge < -0.3 is 25.2 Å². The summed E-state index contributed by atoms with van der Waals surface area (Å²) in [4.78, 5) is 31.6. The molecule has 0 spiro atoms. The number of pyridine rings is 1. The maximum atomic E-state index is 13.7. The fraction of sp³-hybridized carbons (Fsp3) is 0.741. The standard InChI is InChI=1S/C27H37N3O5S/c31-24(29-23-17-10-16-11-18(23)14-27(34,12-16)13-17)21-6-7-22(30-9-8-19(15-30)35-26(32)33)28-25(21)36-20-4-2-1-3-5-20/h6-7,16-20,23,34H,1-5,8-15H2,(H,29,31)(H,32,33)/t16?,17?,18?,19-,23-,27+/m1/s1. The predicted molar refractivity (Wildman–Crippen MR) is 136 cm³/mol. The van der Waals surface area contributed by atoms with E-state index >= 15 is 0 Å². The van der Waals surface area contributed by atoms with Crippen LogP contribution >= 0.6 is 11.8 Å². The Bertz CT molecular complexity index is 999. The van der Waals surface area contributed by atoms with Gasteiger partial charge in [-0.15, -0.1) is 11.8 Å². The van der Waals surface area contributed by atoms with Gasteiger partial charge in [0.05, 0.1) is 17.7 Å². The SMILES string of the molecule is O=C(O)O[C@@H]1CCN(c2ccc(C(=O)N[C@H]3C4CC5CC3C[C@@](O)(C5)C4)c(SC3CCCCC3)n2)C1. The molecule has 1 amide bonds. The third-order valence-electron chi connectivity index (χ3n) is 9.20. The van der Waals surface area contributed by atoms with Gasteiger partial charge in [0.25, 0.3) is 5.91 Å². The number of anilines is 1. The smallest absolute Gasteiger partial charge is 0.450 e. The lowest BCUT2D eigenvalue weighted by molar-refractivity contribution is -0.136. The number of thioether (sulfide) groups is 1. The molecule has 1 aliphatic heterocycles. The number of carbonyl (C=O) groups is 2. The molecule has 8 nitrogen and oxygen atoms in total. The number of carboxylic acid groups (broad SMARTS) is 1. The van der Waals surface area contributed by atoms with E-state index in [2.05, 4.69) is 10.2 Å². The zero-order valence-corrected chi connectivity index (χ0v) is 21.5. The van der Waals surface area contributed by atoms with Crippen LogP contribution in [0.3, 0.4) is 0 Å². The molecular weight excluding hydrogens is 478 g/mol. The highest BCUT2D eigenvalue weighted by molar-refractivity contribution is 7.99. The van der Waals surface area contributed by atoms with Crippen LogP contribution in [-0.2, 0) is 4.74 Å². The lowest BCUT2D eigenvalue weighted by atomic mass is 9.52. The molecule has 0 aromatic carbocycles. The number of aromatic nitrogens is 1. The van der Waals surface area contributed by atoms with Crippen LogP contribution in [0.2, 0.25) is 0 Å². The van der Waals surface area contributed by atoms with Crippen LogP contribution < -0.4 is 10.2 Å². The van der Waals surface area contributed by atoms with Crippen molar-refractivity contribution in [3.8, 4) is 0 Å². The minimum atomic E-state index is -1.24. The maximum Gasteiger partial charge on any atom is 0.506 e. The van der Waals surface area contributed by atoms with E-state index < -0.39 is 11.8 Å². The van der Waals surface area contributed by atoms with Crippen LogP contribution in [0.25, 0.3) is 0 Å². The minimum Gasteiger partial charge on any atom is -0.450 e. The summed E-state index contributed by atoms with van der Waals surface area (Å²) in [5.41, 5.74) is 0.125. The summed E-state index contributed by atoms with van der Waals surface area (Å²) >= 11 is 1.73. The van der Waals surface area contributed by atoms with Gasteiger partial charge in [0, 0.05) is 24.3 Å². The fourth-order valence-corrected chi connectivity index (χ4v) is 9.15. The molecular formula is C27H37N3O5S. The van der Waals surface area contributed by atoms with Crippen molar-refractivity contribution in [2.24, 2.45) is 17.8 Å². The van der Waals surface area contributed by atoms with E-state index in [1.54, 1.807) is 11.8 Å². The molecule has 3 N–H and O–H groups in total. The normalized spacial score (nSPS) is 35.7. The van der Waals surface area contributed by atoms with Gasteiger partial charge in [0.1, 0.15) is 16.9 Å². The average molecular weight is 516 g/mol. The first-order valence-corrected chi connectivity index (χ1v) is 14.6. The van der Waals surface area contributed by atoms with Crippen LogP contribution in [0, 0.1) is 17.8 Å². The number of nitrogens with one attached hydrogen (secondary N) is 1. The van der Waals surface area contributed by atoms with Crippen LogP contribution in [-0.4, -0.2) is 63.3 Å². The Balaban J connectivity index is 1.21. The number of nitrogens with zero attached hydrogens (tertiary/aromatic N) is 2. The Morgan fingerprint density at radius 2 is 1.83 bits per heavy atom. The van der Waals surface area contributed by atoms with Crippen molar-refractivity contribution in [2.45, 2.75) is 98.7 Å². The first kappa shape index (κ1) is 24.3. The molecule has 6 fully saturated rings. The second kappa shape index (κ2) is 9.71. The molecule has 36 heavy (non-hydrogen) atoms. The Kier molecular flexibility index (Phi) is 6.56. The third kappa shape index (κ3) is 4.93. The molecule has 1 saturated heterocycles. The summed E-state index contributed by atoms with van der Waals surface area (Å²) in [5.74, 6) is 2.06. The predicted octanol–water partition coefficient (Wildman–Crippen LogP) is 4.45. The van der Waals surface area contributed by atoms with Crippen molar-refractivity contribution in [2.75, 3.05) is 18.0 Å². The molecule has 2 unspecified atom stereocenters. The number of rotatable bonds is 6. The monoisotopic (exact) mass is 515 g/mol. The van der Waals surface area contributed by atoms with E-state index in [0.717, 1.165) is 55.8 Å². The van der Waals surface area contributed by atoms with Crippen molar-refractivity contribution >= 4 is 29.6 Å². The summed E-state index contributed by atoms with van der Waals surface area (Å²) in [6, 6.07) is 3.93. The highest BCUT2D eigenvalue weighted by atomic mass is 32.2. The summed E-state index contributed by atoms with van der Waals surface area (Å²) in [6.07, 6.45) is 9.80. The molecule has 1 aromatic heterocycles. The van der Waals surface area contributed by atoms with E-state index in [1.165, 1.54) is 19.3 Å². The zero-order chi connectivity index (χ0) is 24.9. The average Bonchev–Trinajstić information content (AvgIpc) is 3.29. The molecule has 7 rings (SSSR count). The molecule has 196 valence electrons. The molecule has 1 aromatic rings. The lowest BCUT2D eigenvalue weighted by Gasteiger charge is -2.58. The molecule has 2 heterocycles. The van der Waals surface area contributed by atoms with Crippen LogP contribution in [0.4, 0.5) is 10.6 Å². The van der Waals surface area contributed by atoms with E-state index in [0.29, 0.717) is 48.1 Å². The van der Waals surface area contributed by atoms with Crippen molar-refractivity contribution in [1.29, 1.82) is 0 Å². The third-order valence-corrected chi connectivity index (χ3v) is 10.5. The van der Waals surface area contributed by atoms with Crippen molar-refractivity contribution in [1.82, 2.24) is 10.3 Å². The number of hydrogen-bond acceptors (Lipinski definition) is 7. The van der Waals surface area contributed by atoms with E-state index in [9.17, 15) is 14.7 Å². The number of hydrogen-bond donors (Lipinski definition) is 3.